The summed E-state index contributed by atoms with van der Waals surface area (Å²) in [4.78, 5) is 18.8. The van der Waals surface area contributed by atoms with Crippen LogP contribution >= 0.6 is 7.60 Å². The lowest BCUT2D eigenvalue weighted by Crippen LogP contribution is -2.45. The molecule has 0 fully saturated rings. The SMILES string of the molecule is CCOP(=O)(C[C@@H](CC(=O)C=Cc1c(C(C)C)nc(C(C)C)c(COC)c1-c1ccc(F)cc1)O[Si](C)(C)C(C)(C)C)OCC. The smallest absolute Gasteiger partial charge is 0.333 e. The van der Waals surface area contributed by atoms with Crippen molar-refractivity contribution in [1.29, 1.82) is 0 Å². The molecule has 0 spiro atoms. The molecule has 0 amide bonds. The number of methoxy groups -OCH3 is 1. The van der Waals surface area contributed by atoms with Crippen molar-refractivity contribution in [2.45, 2.75) is 111 Å². The van der Waals surface area contributed by atoms with Crippen molar-refractivity contribution in [2.75, 3.05) is 26.5 Å². The molecule has 252 valence electrons. The molecule has 45 heavy (non-hydrogen) atoms. The summed E-state index contributed by atoms with van der Waals surface area (Å²) in [6, 6.07) is 6.37. The largest absolute Gasteiger partial charge is 0.413 e. The highest BCUT2D eigenvalue weighted by molar-refractivity contribution is 7.53. The quantitative estimate of drug-likeness (QED) is 0.0946. The molecule has 2 aromatic rings. The molecular formula is C35H55FNO6PSi. The van der Waals surface area contributed by atoms with E-state index >= 15 is 0 Å². The molecule has 0 radical (unpaired) electrons. The Hall–Kier alpha value is -2.00. The van der Waals surface area contributed by atoms with E-state index in [4.69, 9.17) is 23.2 Å². The lowest BCUT2D eigenvalue weighted by molar-refractivity contribution is -0.115. The highest BCUT2D eigenvalue weighted by Crippen LogP contribution is 2.50. The molecule has 7 nitrogen and oxygen atoms in total. The number of hydrogen-bond acceptors (Lipinski definition) is 7. The number of ether oxygens (including phenoxy) is 1. The first-order valence-electron chi connectivity index (χ1n) is 16.0. The maximum atomic E-state index is 14.0. The third-order valence-electron chi connectivity index (χ3n) is 8.12. The summed E-state index contributed by atoms with van der Waals surface area (Å²) < 4.78 is 51.0. The van der Waals surface area contributed by atoms with Crippen LogP contribution in [0, 0.1) is 5.82 Å². The summed E-state index contributed by atoms with van der Waals surface area (Å²) in [5, 5.41) is -0.122. The first-order chi connectivity index (χ1) is 20.9. The summed E-state index contributed by atoms with van der Waals surface area (Å²) in [5.41, 5.74) is 5.13. The number of halogens is 1. The van der Waals surface area contributed by atoms with E-state index in [1.807, 2.05) is 0 Å². The van der Waals surface area contributed by atoms with Crippen molar-refractivity contribution in [3.8, 4) is 11.1 Å². The normalized spacial score (nSPS) is 13.8. The molecule has 0 bridgehead atoms. The third kappa shape index (κ3) is 10.8. The summed E-state index contributed by atoms with van der Waals surface area (Å²) in [6.07, 6.45) is 2.70. The first-order valence-corrected chi connectivity index (χ1v) is 20.6. The number of pyridine rings is 1. The van der Waals surface area contributed by atoms with Gasteiger partial charge in [0.05, 0.1) is 37.8 Å². The summed E-state index contributed by atoms with van der Waals surface area (Å²) >= 11 is 0. The number of allylic oxidation sites excluding steroid dienone is 1. The topological polar surface area (TPSA) is 84.0 Å². The van der Waals surface area contributed by atoms with Crippen molar-refractivity contribution < 1.29 is 32.0 Å². The molecule has 1 atom stereocenters. The van der Waals surface area contributed by atoms with Crippen LogP contribution in [0.2, 0.25) is 18.1 Å². The zero-order valence-electron chi connectivity index (χ0n) is 29.5. The Bertz CT molecular complexity index is 1340. The highest BCUT2D eigenvalue weighted by Gasteiger charge is 2.41. The second-order valence-electron chi connectivity index (χ2n) is 13.5. The van der Waals surface area contributed by atoms with Gasteiger partial charge >= 0.3 is 7.60 Å². The fourth-order valence-corrected chi connectivity index (χ4v) is 8.26. The van der Waals surface area contributed by atoms with Gasteiger partial charge < -0.3 is 18.2 Å². The van der Waals surface area contributed by atoms with Crippen LogP contribution in [0.4, 0.5) is 4.39 Å². The lowest BCUT2D eigenvalue weighted by atomic mass is 9.87. The molecular weight excluding hydrogens is 608 g/mol. The van der Waals surface area contributed by atoms with E-state index in [1.54, 1.807) is 45.2 Å². The predicted molar refractivity (Wildman–Crippen MR) is 185 cm³/mol. The van der Waals surface area contributed by atoms with Crippen LogP contribution in [0.15, 0.2) is 30.3 Å². The number of benzene rings is 1. The van der Waals surface area contributed by atoms with Gasteiger partial charge in [0.1, 0.15) is 5.82 Å². The van der Waals surface area contributed by atoms with Gasteiger partial charge in [-0.1, -0.05) is 60.6 Å². The van der Waals surface area contributed by atoms with Crippen LogP contribution in [0.5, 0.6) is 0 Å². The second kappa shape index (κ2) is 16.7. The summed E-state index contributed by atoms with van der Waals surface area (Å²) in [7, 11) is -4.19. The molecule has 1 heterocycles. The van der Waals surface area contributed by atoms with Crippen molar-refractivity contribution in [3.05, 3.63) is 58.7 Å². The van der Waals surface area contributed by atoms with E-state index in [1.165, 1.54) is 12.1 Å². The molecule has 0 N–H and O–H groups in total. The van der Waals surface area contributed by atoms with Crippen LogP contribution in [0.1, 0.15) is 103 Å². The van der Waals surface area contributed by atoms with Crippen molar-refractivity contribution in [1.82, 2.24) is 4.98 Å². The minimum atomic E-state index is -3.48. The van der Waals surface area contributed by atoms with Crippen LogP contribution in [-0.2, 0) is 34.2 Å². The Balaban J connectivity index is 2.68. The number of aromatic nitrogens is 1. The van der Waals surface area contributed by atoms with E-state index in [0.717, 1.165) is 33.6 Å². The van der Waals surface area contributed by atoms with Gasteiger partial charge in [0.15, 0.2) is 14.1 Å². The number of hydrogen-bond donors (Lipinski definition) is 0. The van der Waals surface area contributed by atoms with Crippen molar-refractivity contribution in [2.24, 2.45) is 0 Å². The number of carbonyl (C=O) groups is 1. The summed E-state index contributed by atoms with van der Waals surface area (Å²) in [6.45, 7) is 23.2. The molecule has 1 aromatic heterocycles. The molecule has 10 heteroatoms. The Morgan fingerprint density at radius 1 is 1.00 bits per heavy atom. The van der Waals surface area contributed by atoms with Crippen LogP contribution < -0.4 is 0 Å². The van der Waals surface area contributed by atoms with Crippen molar-refractivity contribution in [3.63, 3.8) is 0 Å². The molecule has 0 saturated heterocycles. The minimum absolute atomic E-state index is 0.0124. The van der Waals surface area contributed by atoms with E-state index < -0.39 is 22.0 Å². The van der Waals surface area contributed by atoms with Gasteiger partial charge in [0.25, 0.3) is 0 Å². The minimum Gasteiger partial charge on any atom is -0.413 e. The maximum Gasteiger partial charge on any atom is 0.333 e. The monoisotopic (exact) mass is 663 g/mol. The molecule has 0 aliphatic rings. The van der Waals surface area contributed by atoms with Gasteiger partial charge in [-0.05, 0) is 79.2 Å². The van der Waals surface area contributed by atoms with Crippen LogP contribution in [0.3, 0.4) is 0 Å². The molecule has 2 rings (SSSR count). The van der Waals surface area contributed by atoms with Gasteiger partial charge in [-0.2, -0.15) is 0 Å². The standard InChI is InChI=1S/C35H55FNO6PSi/c1-13-41-44(39,42-14-2)23-29(43-45(11,12)35(7,8)9)21-28(38)19-20-30-32(26-15-17-27(36)18-16-26)31(22-40-10)34(25(5)6)37-33(30)24(3)4/h15-20,24-25,29H,13-14,21-23H2,1-12H3/t29-/m1/s1. The van der Waals surface area contributed by atoms with E-state index in [2.05, 4.69) is 61.6 Å². The second-order valence-corrected chi connectivity index (χ2v) is 20.4. The molecule has 0 aliphatic heterocycles. The average Bonchev–Trinajstić information content (AvgIpc) is 2.91. The fourth-order valence-electron chi connectivity index (χ4n) is 4.99. The molecule has 0 unspecified atom stereocenters. The predicted octanol–water partition coefficient (Wildman–Crippen LogP) is 9.91. The highest BCUT2D eigenvalue weighted by atomic mass is 31.2. The summed E-state index contributed by atoms with van der Waals surface area (Å²) in [5.74, 6) is -0.345. The Kier molecular flexibility index (Phi) is 14.5. The van der Waals surface area contributed by atoms with E-state index in [0.29, 0.717) is 6.61 Å². The maximum absolute atomic E-state index is 14.0. The number of ketones is 1. The zero-order chi connectivity index (χ0) is 34.2. The molecule has 0 saturated carbocycles. The number of nitrogens with zero attached hydrogens (tertiary/aromatic N) is 1. The number of rotatable bonds is 17. The molecule has 0 aliphatic carbocycles. The number of carbonyl (C=O) groups excluding carboxylic acids is 1. The fraction of sp³-hybridized carbons (Fsp3) is 0.600. The first kappa shape index (κ1) is 39.2. The Morgan fingerprint density at radius 2 is 1.56 bits per heavy atom. The van der Waals surface area contributed by atoms with Gasteiger partial charge in [-0.25, -0.2) is 4.39 Å². The average molecular weight is 664 g/mol. The van der Waals surface area contributed by atoms with Gasteiger partial charge in [0, 0.05) is 30.4 Å². The molecule has 1 aromatic carbocycles. The Morgan fingerprint density at radius 3 is 2.02 bits per heavy atom. The van der Waals surface area contributed by atoms with Crippen LogP contribution in [0.25, 0.3) is 17.2 Å². The van der Waals surface area contributed by atoms with Gasteiger partial charge in [-0.3, -0.25) is 14.3 Å². The third-order valence-corrected chi connectivity index (χ3v) is 14.8. The van der Waals surface area contributed by atoms with Gasteiger partial charge in [0.2, 0.25) is 0 Å². The van der Waals surface area contributed by atoms with E-state index in [-0.39, 0.29) is 54.3 Å². The Labute approximate surface area is 272 Å². The van der Waals surface area contributed by atoms with E-state index in [9.17, 15) is 13.8 Å². The van der Waals surface area contributed by atoms with Crippen molar-refractivity contribution >= 4 is 27.8 Å². The van der Waals surface area contributed by atoms with Gasteiger partial charge in [-0.15, -0.1) is 0 Å². The zero-order valence-corrected chi connectivity index (χ0v) is 31.3. The van der Waals surface area contributed by atoms with Crippen LogP contribution in [-0.4, -0.2) is 51.7 Å². The lowest BCUT2D eigenvalue weighted by Gasteiger charge is -2.39.